The molecule has 1 aliphatic heterocycles. The van der Waals surface area contributed by atoms with Crippen molar-refractivity contribution in [1.82, 2.24) is 0 Å². The highest BCUT2D eigenvalue weighted by atomic mass is 16.6. The molecule has 0 aromatic rings. The topological polar surface area (TPSA) is 35.5 Å². The quantitative estimate of drug-likeness (QED) is 0.449. The van der Waals surface area contributed by atoms with Gasteiger partial charge in [-0.1, -0.05) is 6.58 Å². The van der Waals surface area contributed by atoms with Crippen molar-refractivity contribution in [3.8, 4) is 0 Å². The summed E-state index contributed by atoms with van der Waals surface area (Å²) in [5.74, 6) is -0.283. The van der Waals surface area contributed by atoms with Crippen molar-refractivity contribution >= 4 is 5.97 Å². The average molecular weight is 156 g/mol. The smallest absolute Gasteiger partial charge is 0.333 e. The molecule has 0 aromatic heterocycles. The Morgan fingerprint density at radius 2 is 2.55 bits per heavy atom. The summed E-state index contributed by atoms with van der Waals surface area (Å²) in [6.45, 7) is 6.61. The van der Waals surface area contributed by atoms with Crippen LogP contribution in [0.5, 0.6) is 0 Å². The van der Waals surface area contributed by atoms with Crippen LogP contribution in [0.4, 0.5) is 0 Å². The van der Waals surface area contributed by atoms with Gasteiger partial charge >= 0.3 is 5.97 Å². The fourth-order valence-corrected chi connectivity index (χ4v) is 0.977. The predicted molar refractivity (Wildman–Crippen MR) is 40.1 cm³/mol. The van der Waals surface area contributed by atoms with E-state index < -0.39 is 0 Å². The molecule has 62 valence electrons. The zero-order valence-corrected chi connectivity index (χ0v) is 6.63. The number of rotatable bonds is 3. The third-order valence-electron chi connectivity index (χ3n) is 1.54. The summed E-state index contributed by atoms with van der Waals surface area (Å²) in [5, 5.41) is 0. The van der Waals surface area contributed by atoms with E-state index >= 15 is 0 Å². The molecule has 3 heteroatoms. The van der Waals surface area contributed by atoms with E-state index in [0.29, 0.717) is 25.2 Å². The van der Waals surface area contributed by atoms with E-state index in [1.807, 2.05) is 6.92 Å². The summed E-state index contributed by atoms with van der Waals surface area (Å²) in [4.78, 5) is 10.8. The maximum absolute atomic E-state index is 10.8. The fourth-order valence-electron chi connectivity index (χ4n) is 0.977. The largest absolute Gasteiger partial charge is 0.456 e. The van der Waals surface area contributed by atoms with Crippen LogP contribution in [0.25, 0.3) is 0 Å². The molecule has 0 aliphatic carbocycles. The first kappa shape index (κ1) is 8.27. The lowest BCUT2D eigenvalue weighted by molar-refractivity contribution is -0.140. The molecule has 0 aromatic carbocycles. The molecule has 0 radical (unpaired) electrons. The molecule has 0 spiro atoms. The molecule has 1 aliphatic rings. The maximum atomic E-state index is 10.8. The van der Waals surface area contributed by atoms with E-state index in [1.165, 1.54) is 0 Å². The molecule has 0 N–H and O–H groups in total. The van der Waals surface area contributed by atoms with Gasteiger partial charge in [0.1, 0.15) is 6.10 Å². The highest BCUT2D eigenvalue weighted by molar-refractivity contribution is 5.89. The van der Waals surface area contributed by atoms with Crippen molar-refractivity contribution in [1.29, 1.82) is 0 Å². The molecule has 1 rings (SSSR count). The number of hydrogen-bond donors (Lipinski definition) is 0. The normalized spacial score (nSPS) is 23.9. The third kappa shape index (κ3) is 2.05. The Hall–Kier alpha value is -0.830. The van der Waals surface area contributed by atoms with Gasteiger partial charge < -0.3 is 9.47 Å². The van der Waals surface area contributed by atoms with Gasteiger partial charge in [-0.15, -0.1) is 0 Å². The van der Waals surface area contributed by atoms with Crippen molar-refractivity contribution in [3.05, 3.63) is 12.2 Å². The van der Waals surface area contributed by atoms with Crippen LogP contribution in [0.1, 0.15) is 13.3 Å². The van der Waals surface area contributed by atoms with E-state index in [4.69, 9.17) is 9.47 Å². The Bertz CT molecular complexity index is 158. The minimum absolute atomic E-state index is 0.102. The second-order valence-corrected chi connectivity index (χ2v) is 2.49. The number of ether oxygens (including phenoxy) is 2. The lowest BCUT2D eigenvalue weighted by atomic mass is 10.2. The van der Waals surface area contributed by atoms with Gasteiger partial charge in [0.15, 0.2) is 0 Å². The molecule has 3 nitrogen and oxygen atoms in total. The molecule has 1 unspecified atom stereocenters. The van der Waals surface area contributed by atoms with Crippen LogP contribution < -0.4 is 0 Å². The Balaban J connectivity index is 2.29. The van der Waals surface area contributed by atoms with Crippen molar-refractivity contribution in [2.45, 2.75) is 19.4 Å². The number of carbonyl (C=O) groups excluding carboxylic acids is 1. The van der Waals surface area contributed by atoms with Crippen molar-refractivity contribution in [2.75, 3.05) is 13.2 Å². The van der Waals surface area contributed by atoms with Crippen LogP contribution >= 0.6 is 0 Å². The van der Waals surface area contributed by atoms with Gasteiger partial charge in [-0.25, -0.2) is 4.79 Å². The third-order valence-corrected chi connectivity index (χ3v) is 1.54. The first-order valence-corrected chi connectivity index (χ1v) is 3.70. The fraction of sp³-hybridized carbons (Fsp3) is 0.625. The number of esters is 1. The van der Waals surface area contributed by atoms with Gasteiger partial charge in [0.05, 0.1) is 6.61 Å². The Morgan fingerprint density at radius 3 is 3.00 bits per heavy atom. The van der Waals surface area contributed by atoms with Gasteiger partial charge in [0.25, 0.3) is 0 Å². The van der Waals surface area contributed by atoms with E-state index in [9.17, 15) is 4.79 Å². The Labute approximate surface area is 66.0 Å². The summed E-state index contributed by atoms with van der Waals surface area (Å²) in [6.07, 6.45) is 0.508. The predicted octanol–water partition coefficient (Wildman–Crippen LogP) is 0.895. The standard InChI is InChI=1S/C8H12O3/c1-3-10-5-7-4-6(2)8(9)11-7/h7H,2-5H2,1H3. The summed E-state index contributed by atoms with van der Waals surface area (Å²) in [7, 11) is 0. The molecule has 1 atom stereocenters. The van der Waals surface area contributed by atoms with Crippen LogP contribution in [0.2, 0.25) is 0 Å². The van der Waals surface area contributed by atoms with E-state index in [0.717, 1.165) is 0 Å². The average Bonchev–Trinajstić information content (AvgIpc) is 2.28. The lowest BCUT2D eigenvalue weighted by Crippen LogP contribution is -2.14. The number of carbonyl (C=O) groups is 1. The zero-order valence-electron chi connectivity index (χ0n) is 6.63. The number of cyclic esters (lactones) is 1. The molecule has 1 saturated heterocycles. The SMILES string of the molecule is C=C1CC(COCC)OC1=O. The molecule has 0 saturated carbocycles. The molecule has 1 heterocycles. The molecule has 0 amide bonds. The van der Waals surface area contributed by atoms with Gasteiger partial charge in [-0.3, -0.25) is 0 Å². The van der Waals surface area contributed by atoms with E-state index in [-0.39, 0.29) is 12.1 Å². The Kier molecular flexibility index (Phi) is 2.65. The van der Waals surface area contributed by atoms with Gasteiger partial charge in [0, 0.05) is 18.6 Å². The summed E-state index contributed by atoms with van der Waals surface area (Å²) in [6, 6.07) is 0. The monoisotopic (exact) mass is 156 g/mol. The molecule has 0 bridgehead atoms. The lowest BCUT2D eigenvalue weighted by Gasteiger charge is -2.06. The Morgan fingerprint density at radius 1 is 1.82 bits per heavy atom. The first-order valence-electron chi connectivity index (χ1n) is 3.70. The summed E-state index contributed by atoms with van der Waals surface area (Å²) >= 11 is 0. The highest BCUT2D eigenvalue weighted by Crippen LogP contribution is 2.18. The molecule has 1 fully saturated rings. The van der Waals surface area contributed by atoms with Crippen LogP contribution in [-0.2, 0) is 14.3 Å². The van der Waals surface area contributed by atoms with Crippen LogP contribution in [0.15, 0.2) is 12.2 Å². The molecular weight excluding hydrogens is 144 g/mol. The summed E-state index contributed by atoms with van der Waals surface area (Å²) < 4.78 is 10.0. The van der Waals surface area contributed by atoms with Crippen molar-refractivity contribution < 1.29 is 14.3 Å². The van der Waals surface area contributed by atoms with Gasteiger partial charge in [-0.2, -0.15) is 0 Å². The van der Waals surface area contributed by atoms with Gasteiger partial charge in [0.2, 0.25) is 0 Å². The van der Waals surface area contributed by atoms with Gasteiger partial charge in [-0.05, 0) is 6.92 Å². The molecular formula is C8H12O3. The maximum Gasteiger partial charge on any atom is 0.333 e. The van der Waals surface area contributed by atoms with E-state index in [2.05, 4.69) is 6.58 Å². The minimum Gasteiger partial charge on any atom is -0.456 e. The minimum atomic E-state index is -0.283. The van der Waals surface area contributed by atoms with Crippen LogP contribution in [-0.4, -0.2) is 25.3 Å². The first-order chi connectivity index (χ1) is 5.24. The zero-order chi connectivity index (χ0) is 8.27. The number of hydrogen-bond acceptors (Lipinski definition) is 3. The van der Waals surface area contributed by atoms with Crippen molar-refractivity contribution in [2.24, 2.45) is 0 Å². The van der Waals surface area contributed by atoms with Crippen LogP contribution in [0.3, 0.4) is 0 Å². The van der Waals surface area contributed by atoms with Crippen LogP contribution in [0, 0.1) is 0 Å². The van der Waals surface area contributed by atoms with E-state index in [1.54, 1.807) is 0 Å². The molecule has 11 heavy (non-hydrogen) atoms. The second-order valence-electron chi connectivity index (χ2n) is 2.49. The summed E-state index contributed by atoms with van der Waals surface area (Å²) in [5.41, 5.74) is 0.551. The second kappa shape index (κ2) is 3.53. The highest BCUT2D eigenvalue weighted by Gasteiger charge is 2.26. The van der Waals surface area contributed by atoms with Crippen molar-refractivity contribution in [3.63, 3.8) is 0 Å².